The third-order valence-corrected chi connectivity index (χ3v) is 7.60. The zero-order valence-electron chi connectivity index (χ0n) is 26.8. The van der Waals surface area contributed by atoms with Gasteiger partial charge in [0.1, 0.15) is 6.61 Å². The van der Waals surface area contributed by atoms with Crippen molar-refractivity contribution in [1.29, 1.82) is 0 Å². The Balaban J connectivity index is 2.40. The van der Waals surface area contributed by atoms with Crippen LogP contribution in [0.5, 0.6) is 11.5 Å². The summed E-state index contributed by atoms with van der Waals surface area (Å²) in [6.07, 6.45) is 19.4. The molecule has 7 nitrogen and oxygen atoms in total. The SMILES string of the molecule is CCCCCCCCOc1c(OCC=C(C)CCC=C(C)C)c2ccc([N+](=O)[O-])cc2n(CCCCCCCC)c1=O. The largest absolute Gasteiger partial charge is 0.485 e. The van der Waals surface area contributed by atoms with Crippen LogP contribution >= 0.6 is 0 Å². The Morgan fingerprint density at radius 1 is 0.857 bits per heavy atom. The van der Waals surface area contributed by atoms with E-state index in [1.807, 2.05) is 6.08 Å². The smallest absolute Gasteiger partial charge is 0.297 e. The van der Waals surface area contributed by atoms with Crippen molar-refractivity contribution >= 4 is 16.6 Å². The molecule has 0 spiro atoms. The van der Waals surface area contributed by atoms with Gasteiger partial charge in [-0.3, -0.25) is 14.9 Å². The highest BCUT2D eigenvalue weighted by molar-refractivity contribution is 5.89. The van der Waals surface area contributed by atoms with Gasteiger partial charge < -0.3 is 14.0 Å². The summed E-state index contributed by atoms with van der Waals surface area (Å²) in [5.41, 5.74) is 2.71. The molecule has 7 heteroatoms. The monoisotopic (exact) mass is 582 g/mol. The van der Waals surface area contributed by atoms with Crippen molar-refractivity contribution in [1.82, 2.24) is 4.57 Å². The second kappa shape index (κ2) is 19.9. The average molecular weight is 583 g/mol. The average Bonchev–Trinajstić information content (AvgIpc) is 2.96. The molecule has 0 amide bonds. The summed E-state index contributed by atoms with van der Waals surface area (Å²) in [6, 6.07) is 4.68. The summed E-state index contributed by atoms with van der Waals surface area (Å²) in [5.74, 6) is 0.593. The fourth-order valence-corrected chi connectivity index (χ4v) is 5.06. The van der Waals surface area contributed by atoms with E-state index in [0.29, 0.717) is 36.4 Å². The van der Waals surface area contributed by atoms with Crippen molar-refractivity contribution in [3.63, 3.8) is 0 Å². The first kappa shape index (κ1) is 35.1. The number of hydrogen-bond donors (Lipinski definition) is 0. The lowest BCUT2D eigenvalue weighted by atomic mass is 10.1. The number of pyridine rings is 1. The van der Waals surface area contributed by atoms with Gasteiger partial charge >= 0.3 is 0 Å². The van der Waals surface area contributed by atoms with Crippen molar-refractivity contribution in [2.45, 2.75) is 131 Å². The Morgan fingerprint density at radius 2 is 1.50 bits per heavy atom. The summed E-state index contributed by atoms with van der Waals surface area (Å²) in [4.78, 5) is 25.2. The molecule has 234 valence electrons. The van der Waals surface area contributed by atoms with Crippen LogP contribution in [-0.4, -0.2) is 22.7 Å². The molecule has 0 unspecified atom stereocenters. The van der Waals surface area contributed by atoms with Gasteiger partial charge in [-0.15, -0.1) is 0 Å². The molecular weight excluding hydrogens is 528 g/mol. The lowest BCUT2D eigenvalue weighted by Gasteiger charge is -2.18. The van der Waals surface area contributed by atoms with Crippen molar-refractivity contribution < 1.29 is 14.4 Å². The van der Waals surface area contributed by atoms with E-state index in [1.54, 1.807) is 10.6 Å². The van der Waals surface area contributed by atoms with Crippen LogP contribution in [0.3, 0.4) is 0 Å². The van der Waals surface area contributed by atoms with Gasteiger partial charge in [0.05, 0.1) is 17.0 Å². The van der Waals surface area contributed by atoms with Crippen LogP contribution in [0.1, 0.15) is 125 Å². The third kappa shape index (κ3) is 12.0. The molecule has 0 radical (unpaired) electrons. The lowest BCUT2D eigenvalue weighted by Crippen LogP contribution is -2.24. The maximum absolute atomic E-state index is 13.9. The van der Waals surface area contributed by atoms with Crippen LogP contribution in [-0.2, 0) is 6.54 Å². The fourth-order valence-electron chi connectivity index (χ4n) is 5.06. The number of aryl methyl sites for hydroxylation is 1. The Labute approximate surface area is 253 Å². The second-order valence-corrected chi connectivity index (χ2v) is 11.6. The zero-order chi connectivity index (χ0) is 30.7. The van der Waals surface area contributed by atoms with Gasteiger partial charge in [-0.25, -0.2) is 0 Å². The molecule has 2 rings (SSSR count). The quantitative estimate of drug-likeness (QED) is 0.0597. The molecule has 0 atom stereocenters. The number of nitro groups is 1. The number of rotatable bonds is 22. The lowest BCUT2D eigenvalue weighted by molar-refractivity contribution is -0.384. The van der Waals surface area contributed by atoms with E-state index in [4.69, 9.17) is 9.47 Å². The van der Waals surface area contributed by atoms with Crippen LogP contribution in [0.4, 0.5) is 5.69 Å². The number of allylic oxidation sites excluding steroid dienone is 3. The van der Waals surface area contributed by atoms with Crippen molar-refractivity contribution in [2.75, 3.05) is 13.2 Å². The van der Waals surface area contributed by atoms with Gasteiger partial charge in [0.2, 0.25) is 5.75 Å². The molecular formula is C35H54N2O5. The van der Waals surface area contributed by atoms with Crippen molar-refractivity contribution in [2.24, 2.45) is 0 Å². The van der Waals surface area contributed by atoms with Crippen LogP contribution in [0, 0.1) is 10.1 Å². The molecule has 1 heterocycles. The number of hydrogen-bond acceptors (Lipinski definition) is 5. The molecule has 0 aliphatic carbocycles. The molecule has 0 aliphatic rings. The maximum atomic E-state index is 13.9. The molecule has 0 N–H and O–H groups in total. The minimum absolute atomic E-state index is 0.0414. The number of unbranched alkanes of at least 4 members (excludes halogenated alkanes) is 10. The fraction of sp³-hybridized carbons (Fsp3) is 0.629. The van der Waals surface area contributed by atoms with E-state index in [-0.39, 0.29) is 17.0 Å². The standard InChI is InChI=1S/C35H54N2O5/c1-6-8-10-12-14-16-24-36-32-27-30(37(39)40)21-22-31(32)33(42-26-23-29(5)20-18-19-28(3)4)34(35(36)38)41-25-17-15-13-11-9-7-2/h19,21-23,27H,6-18,20,24-26H2,1-5H3. The van der Waals surface area contributed by atoms with E-state index in [9.17, 15) is 14.9 Å². The number of non-ortho nitro benzene ring substituents is 1. The number of nitro benzene ring substituents is 1. The Hall–Kier alpha value is -3.09. The summed E-state index contributed by atoms with van der Waals surface area (Å²) in [7, 11) is 0. The first-order valence-corrected chi connectivity index (χ1v) is 16.2. The molecule has 0 saturated carbocycles. The highest BCUT2D eigenvalue weighted by Gasteiger charge is 2.22. The summed E-state index contributed by atoms with van der Waals surface area (Å²) in [5, 5.41) is 12.3. The van der Waals surface area contributed by atoms with E-state index in [0.717, 1.165) is 51.4 Å². The molecule has 42 heavy (non-hydrogen) atoms. The third-order valence-electron chi connectivity index (χ3n) is 7.60. The maximum Gasteiger partial charge on any atom is 0.297 e. The highest BCUT2D eigenvalue weighted by Crippen LogP contribution is 2.35. The predicted molar refractivity (Wildman–Crippen MR) is 175 cm³/mol. The number of ether oxygens (including phenoxy) is 2. The minimum Gasteiger partial charge on any atom is -0.485 e. The molecule has 1 aromatic carbocycles. The predicted octanol–water partition coefficient (Wildman–Crippen LogP) is 10.1. The van der Waals surface area contributed by atoms with Gasteiger partial charge in [0, 0.05) is 24.1 Å². The zero-order valence-corrected chi connectivity index (χ0v) is 26.8. The van der Waals surface area contributed by atoms with E-state index in [1.165, 1.54) is 61.8 Å². The number of nitrogens with zero attached hydrogens (tertiary/aromatic N) is 2. The van der Waals surface area contributed by atoms with Gasteiger partial charge in [0.25, 0.3) is 11.2 Å². The summed E-state index contributed by atoms with van der Waals surface area (Å²) < 4.78 is 14.1. The topological polar surface area (TPSA) is 83.6 Å². The molecule has 1 aromatic heterocycles. The highest BCUT2D eigenvalue weighted by atomic mass is 16.6. The van der Waals surface area contributed by atoms with Crippen molar-refractivity contribution in [3.8, 4) is 11.5 Å². The van der Waals surface area contributed by atoms with Crippen molar-refractivity contribution in [3.05, 3.63) is 62.0 Å². The second-order valence-electron chi connectivity index (χ2n) is 11.6. The number of benzene rings is 1. The number of aromatic nitrogens is 1. The molecule has 0 fully saturated rings. The van der Waals surface area contributed by atoms with E-state index in [2.05, 4.69) is 40.7 Å². The normalized spacial score (nSPS) is 11.6. The minimum atomic E-state index is -0.416. The van der Waals surface area contributed by atoms with E-state index >= 15 is 0 Å². The first-order chi connectivity index (χ1) is 20.3. The van der Waals surface area contributed by atoms with Crippen LogP contribution in [0.2, 0.25) is 0 Å². The first-order valence-electron chi connectivity index (χ1n) is 16.2. The molecule has 0 bridgehead atoms. The van der Waals surface area contributed by atoms with Gasteiger partial charge in [0.15, 0.2) is 5.75 Å². The van der Waals surface area contributed by atoms with Gasteiger partial charge in [-0.1, -0.05) is 95.3 Å². The van der Waals surface area contributed by atoms with Crippen LogP contribution in [0.25, 0.3) is 10.9 Å². The van der Waals surface area contributed by atoms with Crippen LogP contribution < -0.4 is 15.0 Å². The van der Waals surface area contributed by atoms with E-state index < -0.39 is 4.92 Å². The Kier molecular flexibility index (Phi) is 16.7. The van der Waals surface area contributed by atoms with Gasteiger partial charge in [-0.2, -0.15) is 0 Å². The Bertz CT molecular complexity index is 1220. The number of fused-ring (bicyclic) bond motifs is 1. The molecule has 0 saturated heterocycles. The Morgan fingerprint density at radius 3 is 2.14 bits per heavy atom. The molecule has 2 aromatic rings. The van der Waals surface area contributed by atoms with Crippen LogP contribution in [0.15, 0.2) is 46.3 Å². The summed E-state index contributed by atoms with van der Waals surface area (Å²) >= 11 is 0. The summed E-state index contributed by atoms with van der Waals surface area (Å²) in [6.45, 7) is 11.9. The van der Waals surface area contributed by atoms with Gasteiger partial charge in [-0.05, 0) is 58.6 Å². The molecule has 0 aliphatic heterocycles.